The van der Waals surface area contributed by atoms with Crippen LogP contribution in [0.5, 0.6) is 11.5 Å². The Labute approximate surface area is 257 Å². The molecule has 0 aromatic heterocycles. The molecule has 0 heterocycles. The highest BCUT2D eigenvalue weighted by Crippen LogP contribution is 2.17. The van der Waals surface area contributed by atoms with Gasteiger partial charge in [-0.3, -0.25) is 4.79 Å². The minimum absolute atomic E-state index is 0.182. The van der Waals surface area contributed by atoms with Gasteiger partial charge in [0.2, 0.25) is 0 Å². The smallest absolute Gasteiger partial charge is 0.326 e. The molecule has 0 fully saturated rings. The average Bonchev–Trinajstić information content (AvgIpc) is 3.02. The highest BCUT2D eigenvalue weighted by molar-refractivity contribution is 6.30. The number of carboxylic acids is 1. The molecular formula is C36H34ClNO5. The largest absolute Gasteiger partial charge is 0.493 e. The fraction of sp³-hybridized carbons (Fsp3) is 0.167. The van der Waals surface area contributed by atoms with Crippen LogP contribution in [0.1, 0.15) is 40.4 Å². The van der Waals surface area contributed by atoms with Crippen LogP contribution in [0.25, 0.3) is 12.2 Å². The van der Waals surface area contributed by atoms with E-state index in [2.05, 4.69) is 5.32 Å². The monoisotopic (exact) mass is 595 g/mol. The molecule has 0 saturated carbocycles. The van der Waals surface area contributed by atoms with Crippen LogP contribution in [0, 0.1) is 0 Å². The molecule has 0 amide bonds. The lowest BCUT2D eigenvalue weighted by molar-refractivity contribution is -0.139. The maximum Gasteiger partial charge on any atom is 0.326 e. The summed E-state index contributed by atoms with van der Waals surface area (Å²) in [5, 5.41) is 13.4. The Morgan fingerprint density at radius 1 is 0.791 bits per heavy atom. The zero-order chi connectivity index (χ0) is 30.4. The van der Waals surface area contributed by atoms with E-state index < -0.39 is 12.0 Å². The number of ether oxygens (including phenoxy) is 2. The van der Waals surface area contributed by atoms with Crippen LogP contribution in [0.15, 0.2) is 115 Å². The molecule has 0 spiro atoms. The Morgan fingerprint density at radius 2 is 1.33 bits per heavy atom. The zero-order valence-corrected chi connectivity index (χ0v) is 24.7. The highest BCUT2D eigenvalue weighted by atomic mass is 35.5. The molecule has 0 bridgehead atoms. The molecule has 220 valence electrons. The van der Waals surface area contributed by atoms with Crippen molar-refractivity contribution in [3.63, 3.8) is 0 Å². The van der Waals surface area contributed by atoms with E-state index in [-0.39, 0.29) is 12.2 Å². The lowest BCUT2D eigenvalue weighted by Crippen LogP contribution is -2.37. The Balaban J connectivity index is 1.17. The van der Waals surface area contributed by atoms with Gasteiger partial charge in [0.15, 0.2) is 5.78 Å². The summed E-state index contributed by atoms with van der Waals surface area (Å²) in [7, 11) is 0. The van der Waals surface area contributed by atoms with Crippen molar-refractivity contribution in [1.82, 2.24) is 5.32 Å². The number of hydrogen-bond donors (Lipinski definition) is 2. The molecule has 0 saturated heterocycles. The van der Waals surface area contributed by atoms with Crippen molar-refractivity contribution in [3.05, 3.63) is 142 Å². The van der Waals surface area contributed by atoms with E-state index in [1.54, 1.807) is 31.2 Å². The molecule has 1 atom stereocenters. The molecule has 0 aliphatic heterocycles. The summed E-state index contributed by atoms with van der Waals surface area (Å²) in [6, 6.07) is 30.9. The van der Waals surface area contributed by atoms with Gasteiger partial charge in [-0.2, -0.15) is 0 Å². The zero-order valence-electron chi connectivity index (χ0n) is 23.9. The molecule has 43 heavy (non-hydrogen) atoms. The second kappa shape index (κ2) is 16.0. The summed E-state index contributed by atoms with van der Waals surface area (Å²) in [6.45, 7) is 2.69. The fourth-order valence-corrected chi connectivity index (χ4v) is 4.36. The molecule has 4 aromatic carbocycles. The van der Waals surface area contributed by atoms with Gasteiger partial charge in [-0.1, -0.05) is 90.5 Å². The van der Waals surface area contributed by atoms with Gasteiger partial charge in [0.25, 0.3) is 0 Å². The van der Waals surface area contributed by atoms with Gasteiger partial charge in [-0.15, -0.1) is 0 Å². The first-order valence-corrected chi connectivity index (χ1v) is 14.4. The Hall–Kier alpha value is -4.81. The number of ketones is 1. The van der Waals surface area contributed by atoms with Crippen molar-refractivity contribution < 1.29 is 24.2 Å². The minimum atomic E-state index is -0.996. The molecule has 0 aliphatic carbocycles. The van der Waals surface area contributed by atoms with E-state index in [1.807, 2.05) is 91.0 Å². The lowest BCUT2D eigenvalue weighted by Gasteiger charge is -2.16. The lowest BCUT2D eigenvalue weighted by atomic mass is 10.1. The van der Waals surface area contributed by atoms with Crippen LogP contribution in [-0.2, 0) is 11.2 Å². The second-order valence-electron chi connectivity index (χ2n) is 9.95. The van der Waals surface area contributed by atoms with Crippen LogP contribution < -0.4 is 14.8 Å². The van der Waals surface area contributed by atoms with Crippen LogP contribution in [0.3, 0.4) is 0 Å². The third kappa shape index (κ3) is 10.5. The molecule has 7 heteroatoms. The molecule has 1 unspecified atom stereocenters. The van der Waals surface area contributed by atoms with Gasteiger partial charge >= 0.3 is 5.97 Å². The number of hydrogen-bond acceptors (Lipinski definition) is 5. The van der Waals surface area contributed by atoms with Crippen molar-refractivity contribution in [1.29, 1.82) is 0 Å². The minimum Gasteiger partial charge on any atom is -0.493 e. The van der Waals surface area contributed by atoms with Gasteiger partial charge in [0, 0.05) is 35.2 Å². The van der Waals surface area contributed by atoms with E-state index in [1.165, 1.54) is 6.08 Å². The van der Waals surface area contributed by atoms with Gasteiger partial charge in [0.1, 0.15) is 17.5 Å². The molecule has 0 radical (unpaired) electrons. The van der Waals surface area contributed by atoms with Crippen molar-refractivity contribution in [2.24, 2.45) is 0 Å². The number of halogens is 1. The third-order valence-electron chi connectivity index (χ3n) is 6.51. The topological polar surface area (TPSA) is 84.9 Å². The summed E-state index contributed by atoms with van der Waals surface area (Å²) in [5.74, 6) is 0.316. The van der Waals surface area contributed by atoms with E-state index >= 15 is 0 Å². The maximum atomic E-state index is 12.4. The van der Waals surface area contributed by atoms with E-state index in [0.29, 0.717) is 36.6 Å². The predicted molar refractivity (Wildman–Crippen MR) is 172 cm³/mol. The Morgan fingerprint density at radius 3 is 1.88 bits per heavy atom. The number of allylic oxidation sites excluding steroid dienone is 2. The van der Waals surface area contributed by atoms with Crippen molar-refractivity contribution in [2.45, 2.75) is 25.8 Å². The van der Waals surface area contributed by atoms with Gasteiger partial charge in [-0.25, -0.2) is 4.79 Å². The van der Waals surface area contributed by atoms with Crippen molar-refractivity contribution in [3.8, 4) is 11.5 Å². The van der Waals surface area contributed by atoms with Crippen molar-refractivity contribution >= 4 is 35.5 Å². The molecule has 0 aliphatic rings. The standard InChI is InChI=1S/C36H34ClNO5/c1-26(24-35(39)30-6-3-2-4-7-30)38-34(36(40)41)25-29-14-20-33(21-15-29)43-23-5-22-42-32-18-12-28(13-19-32)9-8-27-10-16-31(37)17-11-27/h2-4,6-21,24,34,38H,5,22-23,25H2,1H3,(H,40,41)/b9-8+,26-24+. The number of rotatable bonds is 15. The van der Waals surface area contributed by atoms with E-state index in [9.17, 15) is 14.7 Å². The molecule has 2 N–H and O–H groups in total. The summed E-state index contributed by atoms with van der Waals surface area (Å²) in [6.07, 6.45) is 6.45. The number of aliphatic carboxylic acids is 1. The quantitative estimate of drug-likeness (QED) is 0.0633. The van der Waals surface area contributed by atoms with Crippen LogP contribution >= 0.6 is 11.6 Å². The first kappa shape index (κ1) is 31.1. The fourth-order valence-electron chi connectivity index (χ4n) is 4.24. The van der Waals surface area contributed by atoms with Gasteiger partial charge in [-0.05, 0) is 60.0 Å². The first-order valence-electron chi connectivity index (χ1n) is 14.0. The second-order valence-corrected chi connectivity index (χ2v) is 10.4. The SMILES string of the molecule is C/C(=C\C(=O)c1ccccc1)NC(Cc1ccc(OCCCOc2ccc(/C=C/c3ccc(Cl)cc3)cc2)cc1)C(=O)O. The van der Waals surface area contributed by atoms with Crippen LogP contribution in [0.4, 0.5) is 0 Å². The number of carboxylic acid groups (broad SMARTS) is 1. The predicted octanol–water partition coefficient (Wildman–Crippen LogP) is 7.73. The summed E-state index contributed by atoms with van der Waals surface area (Å²) >= 11 is 5.93. The summed E-state index contributed by atoms with van der Waals surface area (Å²) in [4.78, 5) is 24.3. The Kier molecular flexibility index (Phi) is 11.6. The van der Waals surface area contributed by atoms with Gasteiger partial charge < -0.3 is 19.9 Å². The van der Waals surface area contributed by atoms with Gasteiger partial charge in [0.05, 0.1) is 13.2 Å². The van der Waals surface area contributed by atoms with Crippen molar-refractivity contribution in [2.75, 3.05) is 13.2 Å². The normalized spacial score (nSPS) is 12.1. The van der Waals surface area contributed by atoms with Crippen LogP contribution in [-0.4, -0.2) is 36.1 Å². The average molecular weight is 596 g/mol. The highest BCUT2D eigenvalue weighted by Gasteiger charge is 2.18. The summed E-state index contributed by atoms with van der Waals surface area (Å²) < 4.78 is 11.7. The Bertz CT molecular complexity index is 1530. The van der Waals surface area contributed by atoms with E-state index in [4.69, 9.17) is 21.1 Å². The number of benzene rings is 4. The maximum absolute atomic E-state index is 12.4. The molecule has 6 nitrogen and oxygen atoms in total. The van der Waals surface area contributed by atoms with Crippen LogP contribution in [0.2, 0.25) is 5.02 Å². The molecule has 4 aromatic rings. The van der Waals surface area contributed by atoms with E-state index in [0.717, 1.165) is 27.5 Å². The molecule has 4 rings (SSSR count). The number of carbonyl (C=O) groups is 2. The summed E-state index contributed by atoms with van der Waals surface area (Å²) in [5.41, 5.74) is 4.03. The first-order chi connectivity index (χ1) is 20.9. The number of nitrogens with one attached hydrogen (secondary N) is 1. The number of carbonyl (C=O) groups excluding carboxylic acids is 1. The third-order valence-corrected chi connectivity index (χ3v) is 6.77. The molecular weight excluding hydrogens is 562 g/mol.